The van der Waals surface area contributed by atoms with Gasteiger partial charge in [-0.2, -0.15) is 0 Å². The average Bonchev–Trinajstić information content (AvgIpc) is 2.40. The van der Waals surface area contributed by atoms with Crippen LogP contribution in [0.25, 0.3) is 0 Å². The van der Waals surface area contributed by atoms with Crippen LogP contribution in [0.5, 0.6) is 0 Å². The summed E-state index contributed by atoms with van der Waals surface area (Å²) in [4.78, 5) is 21.0. The summed E-state index contributed by atoms with van der Waals surface area (Å²) < 4.78 is 0. The van der Waals surface area contributed by atoms with E-state index in [-0.39, 0.29) is 5.69 Å². The molecule has 0 spiro atoms. The Hall–Kier alpha value is -1.69. The van der Waals surface area contributed by atoms with E-state index in [0.717, 1.165) is 32.5 Å². The minimum absolute atomic E-state index is 0.0264. The van der Waals surface area contributed by atoms with E-state index in [1.807, 2.05) is 0 Å². The lowest BCUT2D eigenvalue weighted by molar-refractivity contribution is 0.0690. The summed E-state index contributed by atoms with van der Waals surface area (Å²) in [5.74, 6) is -0.432. The molecule has 0 unspecified atom stereocenters. The zero-order chi connectivity index (χ0) is 13.0. The predicted molar refractivity (Wildman–Crippen MR) is 67.8 cm³/mol. The molecule has 6 heteroatoms. The van der Waals surface area contributed by atoms with Crippen LogP contribution < -0.4 is 5.32 Å². The first kappa shape index (κ1) is 12.8. The van der Waals surface area contributed by atoms with Crippen LogP contribution in [0.2, 0.25) is 0 Å². The third kappa shape index (κ3) is 3.16. The fraction of sp³-hybridized carbons (Fsp3) is 0.583. The van der Waals surface area contributed by atoms with Gasteiger partial charge in [0.1, 0.15) is 12.1 Å². The van der Waals surface area contributed by atoms with Gasteiger partial charge >= 0.3 is 5.97 Å². The summed E-state index contributed by atoms with van der Waals surface area (Å²) in [5.41, 5.74) is 0.0264. The number of rotatable bonds is 4. The summed E-state index contributed by atoms with van der Waals surface area (Å²) in [7, 11) is 0. The molecule has 0 atom stereocenters. The van der Waals surface area contributed by atoms with E-state index < -0.39 is 5.97 Å². The molecule has 1 saturated heterocycles. The Labute approximate surface area is 106 Å². The number of carboxylic acids is 1. The molecule has 2 rings (SSSR count). The molecular formula is C12H18N4O2. The third-order valence-electron chi connectivity index (χ3n) is 3.27. The Balaban J connectivity index is 1.94. The number of aromatic nitrogens is 2. The normalized spacial score (nSPS) is 17.6. The maximum absolute atomic E-state index is 10.8. The van der Waals surface area contributed by atoms with Crippen molar-refractivity contribution in [1.82, 2.24) is 14.9 Å². The Morgan fingerprint density at radius 2 is 2.22 bits per heavy atom. The number of anilines is 1. The van der Waals surface area contributed by atoms with Crippen molar-refractivity contribution >= 4 is 11.8 Å². The van der Waals surface area contributed by atoms with Crippen LogP contribution in [0.1, 0.15) is 30.3 Å². The molecule has 1 aliphatic rings. The first-order chi connectivity index (χ1) is 8.69. The van der Waals surface area contributed by atoms with Gasteiger partial charge in [0.2, 0.25) is 0 Å². The standard InChI is InChI=1S/C12H18N4O2/c1-2-16-5-3-9(4-6-16)15-11-7-10(12(17)18)13-8-14-11/h7-9H,2-6H2,1H3,(H,17,18)(H,13,14,15). The Morgan fingerprint density at radius 3 is 2.83 bits per heavy atom. The van der Waals surface area contributed by atoms with Gasteiger partial charge in [-0.05, 0) is 19.4 Å². The van der Waals surface area contributed by atoms with Gasteiger partial charge in [-0.25, -0.2) is 14.8 Å². The molecule has 18 heavy (non-hydrogen) atoms. The van der Waals surface area contributed by atoms with Crippen molar-refractivity contribution in [2.45, 2.75) is 25.8 Å². The highest BCUT2D eigenvalue weighted by atomic mass is 16.4. The summed E-state index contributed by atoms with van der Waals surface area (Å²) >= 11 is 0. The van der Waals surface area contributed by atoms with Gasteiger partial charge in [-0.15, -0.1) is 0 Å². The average molecular weight is 250 g/mol. The number of carboxylic acid groups (broad SMARTS) is 1. The highest BCUT2D eigenvalue weighted by molar-refractivity contribution is 5.86. The first-order valence-corrected chi connectivity index (χ1v) is 6.23. The zero-order valence-electron chi connectivity index (χ0n) is 10.5. The molecule has 0 aromatic carbocycles. The van der Waals surface area contributed by atoms with Crippen LogP contribution in [-0.2, 0) is 0 Å². The maximum atomic E-state index is 10.8. The van der Waals surface area contributed by atoms with Crippen LogP contribution in [0.3, 0.4) is 0 Å². The van der Waals surface area contributed by atoms with Crippen molar-refractivity contribution in [3.05, 3.63) is 18.1 Å². The number of piperidine rings is 1. The van der Waals surface area contributed by atoms with Crippen LogP contribution in [0.4, 0.5) is 5.82 Å². The van der Waals surface area contributed by atoms with Gasteiger partial charge in [-0.1, -0.05) is 6.92 Å². The lowest BCUT2D eigenvalue weighted by Gasteiger charge is -2.31. The molecule has 2 N–H and O–H groups in total. The molecule has 6 nitrogen and oxygen atoms in total. The number of likely N-dealkylation sites (tertiary alicyclic amines) is 1. The minimum atomic E-state index is -1.03. The van der Waals surface area contributed by atoms with Crippen LogP contribution in [0, 0.1) is 0 Å². The second-order valence-electron chi connectivity index (χ2n) is 4.45. The fourth-order valence-electron chi connectivity index (χ4n) is 2.16. The van der Waals surface area contributed by atoms with Crippen molar-refractivity contribution in [3.63, 3.8) is 0 Å². The van der Waals surface area contributed by atoms with E-state index in [1.54, 1.807) is 0 Å². The molecule has 0 radical (unpaired) electrons. The van der Waals surface area contributed by atoms with Gasteiger partial charge in [0.15, 0.2) is 5.69 Å². The maximum Gasteiger partial charge on any atom is 0.354 e. The van der Waals surface area contributed by atoms with Crippen molar-refractivity contribution in [1.29, 1.82) is 0 Å². The molecule has 1 aromatic rings. The quantitative estimate of drug-likeness (QED) is 0.832. The fourth-order valence-corrected chi connectivity index (χ4v) is 2.16. The van der Waals surface area contributed by atoms with Gasteiger partial charge in [-0.3, -0.25) is 0 Å². The number of nitrogens with zero attached hydrogens (tertiary/aromatic N) is 3. The third-order valence-corrected chi connectivity index (χ3v) is 3.27. The van der Waals surface area contributed by atoms with Gasteiger partial charge in [0.25, 0.3) is 0 Å². The van der Waals surface area contributed by atoms with Gasteiger partial charge in [0.05, 0.1) is 0 Å². The molecule has 1 aromatic heterocycles. The van der Waals surface area contributed by atoms with Crippen LogP contribution >= 0.6 is 0 Å². The Kier molecular flexibility index (Phi) is 4.09. The molecular weight excluding hydrogens is 232 g/mol. The van der Waals surface area contributed by atoms with E-state index in [1.165, 1.54) is 12.4 Å². The van der Waals surface area contributed by atoms with E-state index in [9.17, 15) is 4.79 Å². The van der Waals surface area contributed by atoms with Crippen LogP contribution in [0.15, 0.2) is 12.4 Å². The SMILES string of the molecule is CCN1CCC(Nc2cc(C(=O)O)ncn2)CC1. The molecule has 0 bridgehead atoms. The van der Waals surface area contributed by atoms with E-state index >= 15 is 0 Å². The van der Waals surface area contributed by atoms with Crippen molar-refractivity contribution in [2.75, 3.05) is 25.0 Å². The lowest BCUT2D eigenvalue weighted by Crippen LogP contribution is -2.39. The number of aromatic carboxylic acids is 1. The number of nitrogens with one attached hydrogen (secondary N) is 1. The summed E-state index contributed by atoms with van der Waals surface area (Å²) in [6.07, 6.45) is 3.40. The van der Waals surface area contributed by atoms with Crippen LogP contribution in [-0.4, -0.2) is 51.6 Å². The molecule has 1 fully saturated rings. The Bertz CT molecular complexity index is 416. The predicted octanol–water partition coefficient (Wildman–Crippen LogP) is 1.07. The summed E-state index contributed by atoms with van der Waals surface area (Å²) in [6, 6.07) is 1.85. The van der Waals surface area contributed by atoms with E-state index in [2.05, 4.69) is 27.1 Å². The molecule has 98 valence electrons. The van der Waals surface area contributed by atoms with E-state index in [0.29, 0.717) is 11.9 Å². The summed E-state index contributed by atoms with van der Waals surface area (Å²) in [6.45, 7) is 5.40. The second-order valence-corrected chi connectivity index (χ2v) is 4.45. The van der Waals surface area contributed by atoms with Gasteiger partial charge in [0, 0.05) is 25.2 Å². The molecule has 0 aliphatic carbocycles. The lowest BCUT2D eigenvalue weighted by atomic mass is 10.1. The molecule has 0 saturated carbocycles. The molecule has 0 amide bonds. The largest absolute Gasteiger partial charge is 0.477 e. The number of hydrogen-bond donors (Lipinski definition) is 2. The van der Waals surface area contributed by atoms with Crippen molar-refractivity contribution in [2.24, 2.45) is 0 Å². The van der Waals surface area contributed by atoms with Crippen molar-refractivity contribution in [3.8, 4) is 0 Å². The monoisotopic (exact) mass is 250 g/mol. The highest BCUT2D eigenvalue weighted by Gasteiger charge is 2.18. The van der Waals surface area contributed by atoms with Crippen molar-refractivity contribution < 1.29 is 9.90 Å². The zero-order valence-corrected chi connectivity index (χ0v) is 10.5. The number of carbonyl (C=O) groups is 1. The Morgan fingerprint density at radius 1 is 1.50 bits per heavy atom. The topological polar surface area (TPSA) is 78.4 Å². The first-order valence-electron chi connectivity index (χ1n) is 6.23. The highest BCUT2D eigenvalue weighted by Crippen LogP contribution is 2.15. The molecule has 1 aliphatic heterocycles. The van der Waals surface area contributed by atoms with Gasteiger partial charge < -0.3 is 15.3 Å². The second kappa shape index (κ2) is 5.77. The van der Waals surface area contributed by atoms with E-state index in [4.69, 9.17) is 5.11 Å². The smallest absolute Gasteiger partial charge is 0.354 e. The minimum Gasteiger partial charge on any atom is -0.477 e. The summed E-state index contributed by atoms with van der Waals surface area (Å²) in [5, 5.41) is 12.1. The molecule has 2 heterocycles. The number of hydrogen-bond acceptors (Lipinski definition) is 5.